The van der Waals surface area contributed by atoms with Gasteiger partial charge in [-0.15, -0.1) is 0 Å². The number of nitrogens with two attached hydrogens (primary N) is 1. The second kappa shape index (κ2) is 8.13. The zero-order valence-electron chi connectivity index (χ0n) is 14.3. The fourth-order valence-corrected chi connectivity index (χ4v) is 3.49. The predicted octanol–water partition coefficient (Wildman–Crippen LogP) is 1.84. The van der Waals surface area contributed by atoms with Crippen LogP contribution in [0.3, 0.4) is 0 Å². The summed E-state index contributed by atoms with van der Waals surface area (Å²) in [6, 6.07) is 5.47. The number of nitrogens with one attached hydrogen (secondary N) is 1. The summed E-state index contributed by atoms with van der Waals surface area (Å²) in [5, 5.41) is 3.27. The second-order valence-corrected chi connectivity index (χ2v) is 7.53. The number of hydrogen-bond acceptors (Lipinski definition) is 5. The van der Waals surface area contributed by atoms with E-state index < -0.39 is 6.04 Å². The third-order valence-electron chi connectivity index (χ3n) is 4.59. The Bertz CT molecular complexity index is 501. The Morgan fingerprint density at radius 3 is 2.65 bits per heavy atom. The van der Waals surface area contributed by atoms with E-state index in [1.165, 1.54) is 0 Å². The zero-order chi connectivity index (χ0) is 16.9. The number of aromatic nitrogens is 1. The van der Waals surface area contributed by atoms with E-state index in [1.807, 2.05) is 38.2 Å². The topological polar surface area (TPSA) is 71.2 Å². The molecule has 1 atom stereocenters. The van der Waals surface area contributed by atoms with Gasteiger partial charge in [-0.05, 0) is 37.1 Å². The normalized spacial score (nSPS) is 19.5. The van der Waals surface area contributed by atoms with Crippen molar-refractivity contribution in [3.63, 3.8) is 0 Å². The van der Waals surface area contributed by atoms with E-state index in [0.29, 0.717) is 0 Å². The number of nitrogens with zero attached hydrogens (tertiary/aromatic N) is 2. The molecular weight excluding hydrogens is 308 g/mol. The first-order chi connectivity index (χ1) is 11.0. The minimum absolute atomic E-state index is 0.0477. The van der Waals surface area contributed by atoms with Crippen LogP contribution in [0, 0.1) is 5.92 Å². The fourth-order valence-electron chi connectivity index (χ4n) is 2.94. The van der Waals surface area contributed by atoms with Gasteiger partial charge in [0.05, 0.1) is 6.04 Å². The van der Waals surface area contributed by atoms with Crippen molar-refractivity contribution < 1.29 is 4.79 Å². The van der Waals surface area contributed by atoms with Crippen molar-refractivity contribution in [2.24, 2.45) is 11.7 Å². The third kappa shape index (κ3) is 4.93. The average Bonchev–Trinajstić information content (AvgIpc) is 2.55. The average molecular weight is 337 g/mol. The summed E-state index contributed by atoms with van der Waals surface area (Å²) in [5.74, 6) is 0.0849. The molecule has 1 aliphatic rings. The minimum atomic E-state index is -0.464. The Balaban J connectivity index is 2.13. The van der Waals surface area contributed by atoms with E-state index in [1.54, 1.807) is 11.9 Å². The number of piperidine rings is 1. The maximum atomic E-state index is 12.5. The van der Waals surface area contributed by atoms with Gasteiger partial charge in [-0.2, -0.15) is 0 Å². The van der Waals surface area contributed by atoms with Gasteiger partial charge in [0, 0.05) is 36.9 Å². The first kappa shape index (κ1) is 18.2. The molecule has 0 aliphatic carbocycles. The molecule has 1 unspecified atom stereocenters. The molecule has 0 bridgehead atoms. The Kier molecular flexibility index (Phi) is 6.44. The molecular formula is C17H28N4OS. The lowest BCUT2D eigenvalue weighted by Gasteiger charge is -2.42. The molecule has 1 aliphatic heterocycles. The highest BCUT2D eigenvalue weighted by molar-refractivity contribution is 7.96. The van der Waals surface area contributed by atoms with Crippen LogP contribution in [0.1, 0.15) is 32.4 Å². The van der Waals surface area contributed by atoms with Gasteiger partial charge in [0.1, 0.15) is 0 Å². The van der Waals surface area contributed by atoms with Gasteiger partial charge in [0.2, 0.25) is 5.91 Å². The van der Waals surface area contributed by atoms with E-state index in [-0.39, 0.29) is 17.4 Å². The molecule has 23 heavy (non-hydrogen) atoms. The van der Waals surface area contributed by atoms with Gasteiger partial charge in [-0.25, -0.2) is 0 Å². The van der Waals surface area contributed by atoms with Crippen LogP contribution < -0.4 is 11.1 Å². The smallest absolute Gasteiger partial charge is 0.237 e. The molecule has 5 nitrogen and oxygen atoms in total. The highest BCUT2D eigenvalue weighted by Gasteiger charge is 2.37. The first-order valence-electron chi connectivity index (χ1n) is 8.22. The van der Waals surface area contributed by atoms with Gasteiger partial charge >= 0.3 is 0 Å². The van der Waals surface area contributed by atoms with Crippen LogP contribution >= 0.6 is 11.9 Å². The maximum absolute atomic E-state index is 12.5. The van der Waals surface area contributed by atoms with Crippen molar-refractivity contribution >= 4 is 17.9 Å². The zero-order valence-corrected chi connectivity index (χ0v) is 15.1. The lowest BCUT2D eigenvalue weighted by molar-refractivity contribution is -0.125. The minimum Gasteiger partial charge on any atom is -0.349 e. The molecule has 0 saturated carbocycles. The van der Waals surface area contributed by atoms with Crippen LogP contribution in [0.5, 0.6) is 0 Å². The van der Waals surface area contributed by atoms with Crippen molar-refractivity contribution in [3.05, 3.63) is 30.1 Å². The Morgan fingerprint density at radius 1 is 1.43 bits per heavy atom. The summed E-state index contributed by atoms with van der Waals surface area (Å²) in [4.78, 5) is 17.0. The van der Waals surface area contributed by atoms with E-state index in [0.717, 1.165) is 38.0 Å². The van der Waals surface area contributed by atoms with Gasteiger partial charge in [0.25, 0.3) is 0 Å². The SMILES string of the molecule is CSN1CCC(Cc2ccccn2)(NC(=O)C(N)C(C)C)CC1. The second-order valence-electron chi connectivity index (χ2n) is 6.65. The summed E-state index contributed by atoms with van der Waals surface area (Å²) in [6.07, 6.45) is 6.50. The van der Waals surface area contributed by atoms with Gasteiger partial charge in [-0.3, -0.25) is 14.1 Å². The summed E-state index contributed by atoms with van der Waals surface area (Å²) < 4.78 is 2.34. The summed E-state index contributed by atoms with van der Waals surface area (Å²) in [7, 11) is 0. The quantitative estimate of drug-likeness (QED) is 0.776. The first-order valence-corrected chi connectivity index (χ1v) is 9.40. The summed E-state index contributed by atoms with van der Waals surface area (Å²) in [6.45, 7) is 5.88. The number of carbonyl (C=O) groups is 1. The molecule has 0 aromatic carbocycles. The fraction of sp³-hybridized carbons (Fsp3) is 0.647. The van der Waals surface area contributed by atoms with Crippen LogP contribution in [0.25, 0.3) is 0 Å². The molecule has 1 aromatic heterocycles. The van der Waals surface area contributed by atoms with Crippen molar-refractivity contribution in [2.45, 2.75) is 44.7 Å². The van der Waals surface area contributed by atoms with E-state index >= 15 is 0 Å². The Morgan fingerprint density at radius 2 is 2.13 bits per heavy atom. The number of pyridine rings is 1. The molecule has 1 saturated heterocycles. The summed E-state index contributed by atoms with van der Waals surface area (Å²) >= 11 is 1.76. The van der Waals surface area contributed by atoms with Gasteiger partial charge < -0.3 is 11.1 Å². The molecule has 1 amide bonds. The molecule has 0 spiro atoms. The molecule has 2 rings (SSSR count). The van der Waals surface area contributed by atoms with E-state index in [2.05, 4.69) is 20.9 Å². The number of rotatable bonds is 6. The number of carbonyl (C=O) groups excluding carboxylic acids is 1. The van der Waals surface area contributed by atoms with E-state index in [4.69, 9.17) is 5.73 Å². The lowest BCUT2D eigenvalue weighted by atomic mass is 9.83. The Labute approximate surface area is 143 Å². The van der Waals surface area contributed by atoms with Crippen LogP contribution in [0.2, 0.25) is 0 Å². The molecule has 128 valence electrons. The van der Waals surface area contributed by atoms with Crippen LogP contribution in [-0.4, -0.2) is 46.1 Å². The van der Waals surface area contributed by atoms with E-state index in [9.17, 15) is 4.79 Å². The summed E-state index contributed by atoms with van der Waals surface area (Å²) in [5.41, 5.74) is 6.81. The van der Waals surface area contributed by atoms with Crippen LogP contribution in [0.15, 0.2) is 24.4 Å². The van der Waals surface area contributed by atoms with Crippen LogP contribution in [0.4, 0.5) is 0 Å². The van der Waals surface area contributed by atoms with Gasteiger partial charge in [0.15, 0.2) is 0 Å². The highest BCUT2D eigenvalue weighted by atomic mass is 32.2. The monoisotopic (exact) mass is 336 g/mol. The molecule has 1 fully saturated rings. The predicted molar refractivity (Wildman–Crippen MR) is 96.0 cm³/mol. The number of amides is 1. The molecule has 1 aromatic rings. The van der Waals surface area contributed by atoms with Crippen molar-refractivity contribution in [1.29, 1.82) is 0 Å². The molecule has 0 radical (unpaired) electrons. The molecule has 3 N–H and O–H groups in total. The van der Waals surface area contributed by atoms with Gasteiger partial charge in [-0.1, -0.05) is 31.9 Å². The highest BCUT2D eigenvalue weighted by Crippen LogP contribution is 2.28. The van der Waals surface area contributed by atoms with Crippen molar-refractivity contribution in [3.8, 4) is 0 Å². The largest absolute Gasteiger partial charge is 0.349 e. The number of hydrogen-bond donors (Lipinski definition) is 2. The van der Waals surface area contributed by atoms with Crippen LogP contribution in [-0.2, 0) is 11.2 Å². The third-order valence-corrected chi connectivity index (χ3v) is 5.47. The van der Waals surface area contributed by atoms with Crippen molar-refractivity contribution in [2.75, 3.05) is 19.3 Å². The Hall–Kier alpha value is -1.11. The van der Waals surface area contributed by atoms with Crippen molar-refractivity contribution in [1.82, 2.24) is 14.6 Å². The molecule has 2 heterocycles. The maximum Gasteiger partial charge on any atom is 0.237 e. The lowest BCUT2D eigenvalue weighted by Crippen LogP contribution is -2.59. The molecule has 6 heteroatoms. The standard InChI is InChI=1S/C17H28N4OS/c1-13(2)15(18)16(22)20-17(7-10-21(23-3)11-8-17)12-14-6-4-5-9-19-14/h4-6,9,13,15H,7-8,10-12,18H2,1-3H3,(H,20,22).